The molecule has 0 aliphatic rings. The van der Waals surface area contributed by atoms with Crippen molar-refractivity contribution < 1.29 is 4.79 Å². The van der Waals surface area contributed by atoms with Gasteiger partial charge < -0.3 is 10.6 Å². The molecule has 1 amide bonds. The van der Waals surface area contributed by atoms with Gasteiger partial charge in [0, 0.05) is 37.9 Å². The molecule has 0 saturated heterocycles. The fraction of sp³-hybridized carbons (Fsp3) is 0.500. The molecule has 1 aromatic rings. The van der Waals surface area contributed by atoms with Crippen LogP contribution in [0.3, 0.4) is 0 Å². The van der Waals surface area contributed by atoms with E-state index >= 15 is 0 Å². The summed E-state index contributed by atoms with van der Waals surface area (Å²) in [6, 6.07) is 4.22. The van der Waals surface area contributed by atoms with Crippen molar-refractivity contribution in [3.05, 3.63) is 30.1 Å². The first-order valence-corrected chi connectivity index (χ1v) is 5.57. The van der Waals surface area contributed by atoms with Crippen molar-refractivity contribution in [2.75, 3.05) is 6.54 Å². The summed E-state index contributed by atoms with van der Waals surface area (Å²) in [5, 5.41) is 6.07. The van der Waals surface area contributed by atoms with E-state index < -0.39 is 0 Å². The van der Waals surface area contributed by atoms with Crippen molar-refractivity contribution >= 4 is 5.91 Å². The Morgan fingerprint density at radius 2 is 2.06 bits per heavy atom. The van der Waals surface area contributed by atoms with Gasteiger partial charge in [-0.05, 0) is 17.7 Å². The maximum absolute atomic E-state index is 11.4. The van der Waals surface area contributed by atoms with Gasteiger partial charge in [-0.25, -0.2) is 0 Å². The van der Waals surface area contributed by atoms with Crippen LogP contribution in [0.25, 0.3) is 0 Å². The second-order valence-electron chi connectivity index (χ2n) is 3.99. The quantitative estimate of drug-likeness (QED) is 0.756. The number of hydrogen-bond acceptors (Lipinski definition) is 3. The summed E-state index contributed by atoms with van der Waals surface area (Å²) in [5.41, 5.74) is 1.07. The molecular weight excluding hydrogens is 202 g/mol. The van der Waals surface area contributed by atoms with E-state index in [9.17, 15) is 4.79 Å². The molecule has 0 aromatic carbocycles. The van der Waals surface area contributed by atoms with Gasteiger partial charge in [-0.1, -0.05) is 13.8 Å². The number of pyridine rings is 1. The molecule has 4 nitrogen and oxygen atoms in total. The molecule has 2 N–H and O–H groups in total. The van der Waals surface area contributed by atoms with E-state index in [0.717, 1.165) is 12.1 Å². The number of carbonyl (C=O) groups is 1. The Morgan fingerprint density at radius 3 is 2.69 bits per heavy atom. The van der Waals surface area contributed by atoms with Crippen LogP contribution in [-0.2, 0) is 11.3 Å². The largest absolute Gasteiger partial charge is 0.352 e. The number of nitrogens with one attached hydrogen (secondary N) is 2. The van der Waals surface area contributed by atoms with Gasteiger partial charge in [0.2, 0.25) is 5.91 Å². The molecule has 1 heterocycles. The Morgan fingerprint density at radius 1 is 1.38 bits per heavy atom. The third kappa shape index (κ3) is 5.46. The zero-order chi connectivity index (χ0) is 11.8. The number of amides is 1. The summed E-state index contributed by atoms with van der Waals surface area (Å²) in [6.07, 6.45) is 3.97. The van der Waals surface area contributed by atoms with Crippen LogP contribution in [-0.4, -0.2) is 23.5 Å². The zero-order valence-electron chi connectivity index (χ0n) is 9.86. The highest BCUT2D eigenvalue weighted by Crippen LogP contribution is 1.95. The van der Waals surface area contributed by atoms with Crippen molar-refractivity contribution in [3.8, 4) is 0 Å². The predicted octanol–water partition coefficient (Wildman–Crippen LogP) is 1.09. The highest BCUT2D eigenvalue weighted by molar-refractivity contribution is 5.76. The van der Waals surface area contributed by atoms with Gasteiger partial charge in [-0.15, -0.1) is 0 Å². The van der Waals surface area contributed by atoms with Crippen LogP contribution in [0.2, 0.25) is 0 Å². The molecule has 0 radical (unpaired) electrons. The first kappa shape index (κ1) is 12.6. The molecule has 4 heteroatoms. The number of rotatable bonds is 6. The third-order valence-electron chi connectivity index (χ3n) is 2.14. The molecule has 0 unspecified atom stereocenters. The maximum Gasteiger partial charge on any atom is 0.221 e. The van der Waals surface area contributed by atoms with Crippen LogP contribution in [0.4, 0.5) is 0 Å². The Bertz CT molecular complexity index is 311. The van der Waals surface area contributed by atoms with E-state index in [1.165, 1.54) is 0 Å². The number of carbonyl (C=O) groups excluding carboxylic acids is 1. The highest BCUT2D eigenvalue weighted by Gasteiger charge is 2.01. The minimum Gasteiger partial charge on any atom is -0.352 e. The minimum absolute atomic E-state index is 0.0740. The van der Waals surface area contributed by atoms with Crippen molar-refractivity contribution in [3.63, 3.8) is 0 Å². The van der Waals surface area contributed by atoms with Gasteiger partial charge in [0.25, 0.3) is 0 Å². The molecule has 0 atom stereocenters. The average Bonchev–Trinajstić information content (AvgIpc) is 2.27. The fourth-order valence-corrected chi connectivity index (χ4v) is 1.26. The second kappa shape index (κ2) is 6.95. The standard InChI is InChI=1S/C12H19N3O/c1-10(2)14-8-5-12(16)15-9-11-3-6-13-7-4-11/h3-4,6-7,10,14H,5,8-9H2,1-2H3,(H,15,16). The van der Waals surface area contributed by atoms with E-state index in [1.807, 2.05) is 12.1 Å². The fourth-order valence-electron chi connectivity index (χ4n) is 1.26. The van der Waals surface area contributed by atoms with Crippen LogP contribution >= 0.6 is 0 Å². The zero-order valence-corrected chi connectivity index (χ0v) is 9.86. The Balaban J connectivity index is 2.16. The molecule has 0 fully saturated rings. The molecule has 16 heavy (non-hydrogen) atoms. The van der Waals surface area contributed by atoms with Gasteiger partial charge >= 0.3 is 0 Å². The van der Waals surface area contributed by atoms with E-state index in [0.29, 0.717) is 19.0 Å². The molecule has 0 spiro atoms. The third-order valence-corrected chi connectivity index (χ3v) is 2.14. The predicted molar refractivity (Wildman–Crippen MR) is 63.8 cm³/mol. The van der Waals surface area contributed by atoms with Crippen molar-refractivity contribution in [1.29, 1.82) is 0 Å². The lowest BCUT2D eigenvalue weighted by molar-refractivity contribution is -0.121. The molecule has 0 aliphatic carbocycles. The van der Waals surface area contributed by atoms with Gasteiger partial charge in [0.15, 0.2) is 0 Å². The summed E-state index contributed by atoms with van der Waals surface area (Å²) in [4.78, 5) is 15.3. The van der Waals surface area contributed by atoms with Crippen molar-refractivity contribution in [2.24, 2.45) is 0 Å². The lowest BCUT2D eigenvalue weighted by Gasteiger charge is -2.08. The molecule has 0 saturated carbocycles. The first-order valence-electron chi connectivity index (χ1n) is 5.57. The number of aromatic nitrogens is 1. The molecule has 0 bridgehead atoms. The highest BCUT2D eigenvalue weighted by atomic mass is 16.1. The van der Waals surface area contributed by atoms with Gasteiger partial charge in [0.1, 0.15) is 0 Å². The minimum atomic E-state index is 0.0740. The van der Waals surface area contributed by atoms with Crippen LogP contribution in [0.1, 0.15) is 25.8 Å². The van der Waals surface area contributed by atoms with Crippen LogP contribution in [0.5, 0.6) is 0 Å². The van der Waals surface area contributed by atoms with Crippen molar-refractivity contribution in [2.45, 2.75) is 32.9 Å². The summed E-state index contributed by atoms with van der Waals surface area (Å²) in [7, 11) is 0. The van der Waals surface area contributed by atoms with Crippen LogP contribution < -0.4 is 10.6 Å². The molecular formula is C12H19N3O. The molecule has 0 aliphatic heterocycles. The normalized spacial score (nSPS) is 10.4. The van der Waals surface area contributed by atoms with E-state index in [1.54, 1.807) is 12.4 Å². The Kier molecular flexibility index (Phi) is 5.50. The van der Waals surface area contributed by atoms with E-state index in [4.69, 9.17) is 0 Å². The maximum atomic E-state index is 11.4. The van der Waals surface area contributed by atoms with Crippen molar-refractivity contribution in [1.82, 2.24) is 15.6 Å². The lowest BCUT2D eigenvalue weighted by atomic mass is 10.2. The summed E-state index contributed by atoms with van der Waals surface area (Å²) < 4.78 is 0. The van der Waals surface area contributed by atoms with Crippen LogP contribution in [0.15, 0.2) is 24.5 Å². The average molecular weight is 221 g/mol. The lowest BCUT2D eigenvalue weighted by Crippen LogP contribution is -2.30. The molecule has 88 valence electrons. The van der Waals surface area contributed by atoms with Crippen LogP contribution in [0, 0.1) is 0 Å². The first-order chi connectivity index (χ1) is 7.68. The van der Waals surface area contributed by atoms with Gasteiger partial charge in [-0.3, -0.25) is 9.78 Å². The smallest absolute Gasteiger partial charge is 0.221 e. The summed E-state index contributed by atoms with van der Waals surface area (Å²) in [5.74, 6) is 0.0740. The van der Waals surface area contributed by atoms with E-state index in [-0.39, 0.29) is 5.91 Å². The molecule has 1 aromatic heterocycles. The van der Waals surface area contributed by atoms with E-state index in [2.05, 4.69) is 29.5 Å². The van der Waals surface area contributed by atoms with Gasteiger partial charge in [0.05, 0.1) is 0 Å². The number of hydrogen-bond donors (Lipinski definition) is 2. The molecule has 1 rings (SSSR count). The Hall–Kier alpha value is -1.42. The monoisotopic (exact) mass is 221 g/mol. The van der Waals surface area contributed by atoms with Gasteiger partial charge in [-0.2, -0.15) is 0 Å². The summed E-state index contributed by atoms with van der Waals surface area (Å²) in [6.45, 7) is 5.42. The second-order valence-corrected chi connectivity index (χ2v) is 3.99. The Labute approximate surface area is 96.5 Å². The SMILES string of the molecule is CC(C)NCCC(=O)NCc1ccncc1. The topological polar surface area (TPSA) is 54.0 Å². The summed E-state index contributed by atoms with van der Waals surface area (Å²) >= 11 is 0. The number of nitrogens with zero attached hydrogens (tertiary/aromatic N) is 1.